The molecular weight excluding hydrogens is 354 g/mol. The molecule has 0 aliphatic carbocycles. The van der Waals surface area contributed by atoms with Crippen molar-refractivity contribution in [3.05, 3.63) is 64.2 Å². The maximum absolute atomic E-state index is 12.0. The average molecular weight is 373 g/mol. The van der Waals surface area contributed by atoms with Gasteiger partial charge >= 0.3 is 11.8 Å². The van der Waals surface area contributed by atoms with E-state index in [0.717, 1.165) is 5.56 Å². The van der Waals surface area contributed by atoms with Crippen molar-refractivity contribution < 1.29 is 24.0 Å². The Bertz CT molecular complexity index is 839. The summed E-state index contributed by atoms with van der Waals surface area (Å²) in [7, 11) is 3.01. The quantitative estimate of drug-likeness (QED) is 0.435. The Balaban J connectivity index is 1.99. The summed E-state index contributed by atoms with van der Waals surface area (Å²) >= 11 is 0. The van der Waals surface area contributed by atoms with E-state index in [1.165, 1.54) is 38.5 Å². The zero-order valence-electron chi connectivity index (χ0n) is 14.8. The van der Waals surface area contributed by atoms with E-state index in [1.54, 1.807) is 24.3 Å². The molecule has 0 bridgehead atoms. The van der Waals surface area contributed by atoms with Gasteiger partial charge < -0.3 is 20.1 Å². The third-order valence-electron chi connectivity index (χ3n) is 3.75. The van der Waals surface area contributed by atoms with E-state index in [0.29, 0.717) is 5.75 Å². The predicted octanol–water partition coefficient (Wildman–Crippen LogP) is 2.05. The predicted molar refractivity (Wildman–Crippen MR) is 97.5 cm³/mol. The van der Waals surface area contributed by atoms with Gasteiger partial charge in [-0.15, -0.1) is 0 Å². The second-order valence-electron chi connectivity index (χ2n) is 5.44. The maximum atomic E-state index is 12.0. The fourth-order valence-electron chi connectivity index (χ4n) is 2.36. The van der Waals surface area contributed by atoms with Crippen LogP contribution in [0, 0.1) is 10.1 Å². The highest BCUT2D eigenvalue weighted by molar-refractivity contribution is 6.39. The van der Waals surface area contributed by atoms with Gasteiger partial charge in [0.25, 0.3) is 5.69 Å². The topological polar surface area (TPSA) is 120 Å². The number of nitro groups is 1. The first-order valence-electron chi connectivity index (χ1n) is 7.95. The maximum Gasteiger partial charge on any atom is 0.313 e. The molecule has 1 atom stereocenters. The van der Waals surface area contributed by atoms with Crippen LogP contribution in [0.3, 0.4) is 0 Å². The number of benzene rings is 2. The number of rotatable bonds is 7. The van der Waals surface area contributed by atoms with Crippen LogP contribution < -0.4 is 15.4 Å². The number of anilines is 1. The molecule has 2 N–H and O–H groups in total. The standard InChI is InChI=1S/C18H19N3O6/c1-26-13-7-5-6-12(10-13)16(27-2)11-19-17(22)18(23)20-14-8-3-4-9-15(14)21(24)25/h3-10,16H,11H2,1-2H3,(H,19,22)(H,20,23). The third-order valence-corrected chi connectivity index (χ3v) is 3.75. The molecule has 9 nitrogen and oxygen atoms in total. The summed E-state index contributed by atoms with van der Waals surface area (Å²) in [4.78, 5) is 34.4. The Morgan fingerprint density at radius 2 is 1.85 bits per heavy atom. The van der Waals surface area contributed by atoms with E-state index in [-0.39, 0.29) is 17.9 Å². The second-order valence-corrected chi connectivity index (χ2v) is 5.44. The molecule has 9 heteroatoms. The minimum absolute atomic E-state index is 0.0345. The van der Waals surface area contributed by atoms with Gasteiger partial charge in [-0.25, -0.2) is 0 Å². The lowest BCUT2D eigenvalue weighted by Gasteiger charge is -2.17. The molecule has 27 heavy (non-hydrogen) atoms. The summed E-state index contributed by atoms with van der Waals surface area (Å²) in [5.74, 6) is -1.31. The van der Waals surface area contributed by atoms with E-state index < -0.39 is 22.8 Å². The average Bonchev–Trinajstić information content (AvgIpc) is 2.68. The van der Waals surface area contributed by atoms with Gasteiger partial charge in [-0.1, -0.05) is 24.3 Å². The van der Waals surface area contributed by atoms with Crippen molar-refractivity contribution >= 4 is 23.2 Å². The van der Waals surface area contributed by atoms with Crippen LogP contribution >= 0.6 is 0 Å². The Kier molecular flexibility index (Phi) is 6.84. The number of hydrogen-bond donors (Lipinski definition) is 2. The van der Waals surface area contributed by atoms with Gasteiger partial charge in [0.15, 0.2) is 0 Å². The molecule has 0 heterocycles. The summed E-state index contributed by atoms with van der Waals surface area (Å²) in [5, 5.41) is 15.7. The molecule has 0 aliphatic rings. The van der Waals surface area contributed by atoms with Gasteiger partial charge in [-0.3, -0.25) is 19.7 Å². The Hall–Kier alpha value is -3.46. The van der Waals surface area contributed by atoms with E-state index in [9.17, 15) is 19.7 Å². The fraction of sp³-hybridized carbons (Fsp3) is 0.222. The minimum Gasteiger partial charge on any atom is -0.497 e. The first-order valence-corrected chi connectivity index (χ1v) is 7.95. The van der Waals surface area contributed by atoms with Crippen molar-refractivity contribution in [1.82, 2.24) is 5.32 Å². The van der Waals surface area contributed by atoms with Crippen molar-refractivity contribution in [1.29, 1.82) is 0 Å². The van der Waals surface area contributed by atoms with Crippen LogP contribution in [0.2, 0.25) is 0 Å². The monoisotopic (exact) mass is 373 g/mol. The zero-order chi connectivity index (χ0) is 19.8. The third kappa shape index (κ3) is 5.25. The molecular formula is C18H19N3O6. The molecule has 0 spiro atoms. The molecule has 2 rings (SSSR count). The molecule has 0 fully saturated rings. The van der Waals surface area contributed by atoms with Crippen LogP contribution in [0.25, 0.3) is 0 Å². The molecule has 2 aromatic rings. The van der Waals surface area contributed by atoms with Gasteiger partial charge in [-0.05, 0) is 23.8 Å². The molecule has 1 unspecified atom stereocenters. The van der Waals surface area contributed by atoms with E-state index >= 15 is 0 Å². The zero-order valence-corrected chi connectivity index (χ0v) is 14.8. The summed E-state index contributed by atoms with van der Waals surface area (Å²) in [6.45, 7) is 0.0345. The van der Waals surface area contributed by atoms with E-state index in [1.807, 2.05) is 0 Å². The fourth-order valence-corrected chi connectivity index (χ4v) is 2.36. The number of para-hydroxylation sites is 2. The van der Waals surface area contributed by atoms with E-state index in [4.69, 9.17) is 9.47 Å². The van der Waals surface area contributed by atoms with Crippen molar-refractivity contribution in [2.24, 2.45) is 0 Å². The Labute approximate surface area is 155 Å². The molecule has 0 radical (unpaired) electrons. The number of hydrogen-bond acceptors (Lipinski definition) is 6. The molecule has 2 amide bonds. The minimum atomic E-state index is -1.01. The summed E-state index contributed by atoms with van der Waals surface area (Å²) in [5.41, 5.74) is 0.403. The lowest BCUT2D eigenvalue weighted by Crippen LogP contribution is -2.38. The van der Waals surface area contributed by atoms with Gasteiger partial charge in [0.1, 0.15) is 11.4 Å². The lowest BCUT2D eigenvalue weighted by atomic mass is 10.1. The Morgan fingerprint density at radius 3 is 2.52 bits per heavy atom. The molecule has 0 aliphatic heterocycles. The SMILES string of the molecule is COc1cccc(C(CNC(=O)C(=O)Nc2ccccc2[N+](=O)[O-])OC)c1. The van der Waals surface area contributed by atoms with Crippen molar-refractivity contribution in [2.75, 3.05) is 26.1 Å². The molecule has 0 saturated heterocycles. The smallest absolute Gasteiger partial charge is 0.313 e. The first kappa shape index (κ1) is 19.9. The largest absolute Gasteiger partial charge is 0.497 e. The van der Waals surface area contributed by atoms with E-state index in [2.05, 4.69) is 10.6 Å². The van der Waals surface area contributed by atoms with Crippen LogP contribution in [0.15, 0.2) is 48.5 Å². The van der Waals surface area contributed by atoms with Crippen LogP contribution in [0.4, 0.5) is 11.4 Å². The molecule has 142 valence electrons. The summed E-state index contributed by atoms with van der Waals surface area (Å²) in [6, 6.07) is 12.7. The molecule has 0 saturated carbocycles. The highest BCUT2D eigenvalue weighted by Gasteiger charge is 2.21. The Morgan fingerprint density at radius 1 is 1.11 bits per heavy atom. The number of ether oxygens (including phenoxy) is 2. The first-order chi connectivity index (χ1) is 13.0. The van der Waals surface area contributed by atoms with Crippen LogP contribution in [0.5, 0.6) is 5.75 Å². The van der Waals surface area contributed by atoms with Gasteiger partial charge in [0.2, 0.25) is 0 Å². The lowest BCUT2D eigenvalue weighted by molar-refractivity contribution is -0.383. The van der Waals surface area contributed by atoms with Crippen molar-refractivity contribution in [3.63, 3.8) is 0 Å². The number of nitrogens with one attached hydrogen (secondary N) is 2. The van der Waals surface area contributed by atoms with Gasteiger partial charge in [0.05, 0.1) is 18.1 Å². The summed E-state index contributed by atoms with van der Waals surface area (Å²) < 4.78 is 10.5. The normalized spacial score (nSPS) is 11.3. The van der Waals surface area contributed by atoms with Crippen LogP contribution in [-0.2, 0) is 14.3 Å². The van der Waals surface area contributed by atoms with Gasteiger partial charge in [-0.2, -0.15) is 0 Å². The van der Waals surface area contributed by atoms with Crippen LogP contribution in [0.1, 0.15) is 11.7 Å². The number of methoxy groups -OCH3 is 2. The number of carbonyl (C=O) groups is 2. The molecule has 0 aromatic heterocycles. The van der Waals surface area contributed by atoms with Crippen LogP contribution in [-0.4, -0.2) is 37.5 Å². The number of nitrogens with zero attached hydrogens (tertiary/aromatic N) is 1. The van der Waals surface area contributed by atoms with Gasteiger partial charge in [0, 0.05) is 19.7 Å². The van der Waals surface area contributed by atoms with Crippen molar-refractivity contribution in [3.8, 4) is 5.75 Å². The number of nitro benzene ring substituents is 1. The highest BCUT2D eigenvalue weighted by atomic mass is 16.6. The highest BCUT2D eigenvalue weighted by Crippen LogP contribution is 2.23. The number of amides is 2. The van der Waals surface area contributed by atoms with Crippen molar-refractivity contribution in [2.45, 2.75) is 6.10 Å². The summed E-state index contributed by atoms with van der Waals surface area (Å²) in [6.07, 6.45) is -0.497. The molecule has 2 aromatic carbocycles. The number of carbonyl (C=O) groups excluding carboxylic acids is 2. The second kappa shape index (κ2) is 9.30.